The normalized spacial score (nSPS) is 18.1. The highest BCUT2D eigenvalue weighted by Gasteiger charge is 2.24. The van der Waals surface area contributed by atoms with E-state index in [0.717, 1.165) is 16.2 Å². The Hall–Kier alpha value is -1.46. The first kappa shape index (κ1) is 14.9. The third kappa shape index (κ3) is 3.35. The number of nitrogens with one attached hydrogen (secondary N) is 2. The molecule has 1 aromatic carbocycles. The Labute approximate surface area is 124 Å². The molecule has 0 aromatic heterocycles. The Morgan fingerprint density at radius 2 is 2.15 bits per heavy atom. The number of ether oxygens (including phenoxy) is 1. The first-order valence-corrected chi connectivity index (χ1v) is 7.44. The Bertz CT molecular complexity index is 555. The second-order valence-corrected chi connectivity index (χ2v) is 6.01. The van der Waals surface area contributed by atoms with E-state index in [4.69, 9.17) is 4.74 Å². The molecule has 1 heterocycles. The van der Waals surface area contributed by atoms with Gasteiger partial charge in [-0.15, -0.1) is 0 Å². The molecular weight excluding hydrogens is 272 g/mol. The van der Waals surface area contributed by atoms with E-state index in [2.05, 4.69) is 42.7 Å². The van der Waals surface area contributed by atoms with E-state index in [0.29, 0.717) is 6.61 Å². The molecule has 0 spiro atoms. The molecule has 1 unspecified atom stereocenters. The molecule has 0 radical (unpaired) electrons. The predicted molar refractivity (Wildman–Crippen MR) is 83.0 cm³/mol. The van der Waals surface area contributed by atoms with Crippen molar-refractivity contribution < 1.29 is 9.53 Å². The zero-order chi connectivity index (χ0) is 14.7. The molecule has 5 heteroatoms. The molecule has 0 saturated carbocycles. The van der Waals surface area contributed by atoms with Crippen molar-refractivity contribution in [3.8, 4) is 0 Å². The van der Waals surface area contributed by atoms with Crippen LogP contribution >= 0.6 is 11.8 Å². The van der Waals surface area contributed by atoms with Gasteiger partial charge in [0.15, 0.2) is 0 Å². The van der Waals surface area contributed by atoms with Crippen LogP contribution in [0.5, 0.6) is 0 Å². The fourth-order valence-corrected chi connectivity index (χ4v) is 2.99. The van der Waals surface area contributed by atoms with Crippen molar-refractivity contribution in [2.24, 2.45) is 0 Å². The van der Waals surface area contributed by atoms with Crippen LogP contribution in [0.25, 0.3) is 5.70 Å². The molecule has 1 aliphatic heterocycles. The minimum atomic E-state index is -0.259. The molecule has 108 valence electrons. The lowest BCUT2D eigenvalue weighted by Crippen LogP contribution is -2.32. The van der Waals surface area contributed by atoms with Crippen LogP contribution in [0, 0.1) is 13.8 Å². The molecule has 1 aromatic rings. The van der Waals surface area contributed by atoms with E-state index in [-0.39, 0.29) is 11.5 Å². The minimum absolute atomic E-state index is 0.108. The van der Waals surface area contributed by atoms with Crippen molar-refractivity contribution in [3.63, 3.8) is 0 Å². The number of hydrogen-bond acceptors (Lipinski definition) is 5. The van der Waals surface area contributed by atoms with E-state index in [1.165, 1.54) is 18.1 Å². The Morgan fingerprint density at radius 3 is 2.75 bits per heavy atom. The van der Waals surface area contributed by atoms with E-state index in [1.807, 2.05) is 7.05 Å². The van der Waals surface area contributed by atoms with Gasteiger partial charge in [-0.1, -0.05) is 23.9 Å². The summed E-state index contributed by atoms with van der Waals surface area (Å²) >= 11 is 1.65. The average Bonchev–Trinajstić information content (AvgIpc) is 2.83. The Balaban J connectivity index is 2.29. The smallest absolute Gasteiger partial charge is 0.302 e. The molecule has 0 fully saturated rings. The first-order valence-electron chi connectivity index (χ1n) is 6.56. The summed E-state index contributed by atoms with van der Waals surface area (Å²) in [5, 5.41) is 6.59. The highest BCUT2D eigenvalue weighted by Crippen LogP contribution is 2.34. The average molecular weight is 292 g/mol. The molecule has 1 aliphatic rings. The minimum Gasteiger partial charge on any atom is -0.460 e. The summed E-state index contributed by atoms with van der Waals surface area (Å²) < 4.78 is 5.14. The number of carbonyl (C=O) groups excluding carboxylic acids is 1. The topological polar surface area (TPSA) is 50.4 Å². The van der Waals surface area contributed by atoms with Crippen molar-refractivity contribution in [2.45, 2.75) is 26.3 Å². The SMILES string of the molecule is CNC1NC(c2ccc(C)c(C)c2)=C(COC(C)=O)S1. The summed E-state index contributed by atoms with van der Waals surface area (Å²) in [6.45, 7) is 5.94. The van der Waals surface area contributed by atoms with Gasteiger partial charge in [0.05, 0.1) is 5.70 Å². The van der Waals surface area contributed by atoms with Gasteiger partial charge in [0.1, 0.15) is 12.1 Å². The predicted octanol–water partition coefficient (Wildman–Crippen LogP) is 2.37. The maximum atomic E-state index is 11.0. The van der Waals surface area contributed by atoms with Gasteiger partial charge < -0.3 is 10.1 Å². The van der Waals surface area contributed by atoms with Crippen molar-refractivity contribution in [1.29, 1.82) is 0 Å². The van der Waals surface area contributed by atoms with Crippen molar-refractivity contribution in [2.75, 3.05) is 13.7 Å². The van der Waals surface area contributed by atoms with Gasteiger partial charge in [-0.2, -0.15) is 0 Å². The summed E-state index contributed by atoms with van der Waals surface area (Å²) in [5.41, 5.74) is 4.80. The van der Waals surface area contributed by atoms with Crippen LogP contribution in [-0.4, -0.2) is 25.1 Å². The third-order valence-corrected chi connectivity index (χ3v) is 4.47. The quantitative estimate of drug-likeness (QED) is 0.835. The highest BCUT2D eigenvalue weighted by atomic mass is 32.2. The highest BCUT2D eigenvalue weighted by molar-refractivity contribution is 8.04. The van der Waals surface area contributed by atoms with E-state index < -0.39 is 0 Å². The lowest BCUT2D eigenvalue weighted by molar-refractivity contribution is -0.139. The standard InChI is InChI=1S/C15H20N2O2S/c1-9-5-6-12(7-10(9)2)14-13(8-19-11(3)18)20-15(16-4)17-14/h5-7,15-17H,8H2,1-4H3. The molecule has 0 saturated heterocycles. The number of benzene rings is 1. The number of rotatable bonds is 4. The maximum Gasteiger partial charge on any atom is 0.302 e. The summed E-state index contributed by atoms with van der Waals surface area (Å²) in [7, 11) is 1.90. The van der Waals surface area contributed by atoms with Crippen LogP contribution in [0.4, 0.5) is 0 Å². The van der Waals surface area contributed by atoms with Crippen LogP contribution in [-0.2, 0) is 9.53 Å². The summed E-state index contributed by atoms with van der Waals surface area (Å²) in [6, 6.07) is 6.36. The fraction of sp³-hybridized carbons (Fsp3) is 0.400. The van der Waals surface area contributed by atoms with Gasteiger partial charge in [0.25, 0.3) is 0 Å². The summed E-state index contributed by atoms with van der Waals surface area (Å²) in [5.74, 6) is -0.259. The molecule has 20 heavy (non-hydrogen) atoms. The number of hydrogen-bond donors (Lipinski definition) is 2. The molecule has 0 bridgehead atoms. The zero-order valence-corrected chi connectivity index (χ0v) is 13.1. The van der Waals surface area contributed by atoms with E-state index in [9.17, 15) is 4.79 Å². The van der Waals surface area contributed by atoms with Crippen molar-refractivity contribution in [1.82, 2.24) is 10.6 Å². The molecule has 2 rings (SSSR count). The first-order chi connectivity index (χ1) is 9.51. The molecule has 1 atom stereocenters. The molecule has 0 aliphatic carbocycles. The van der Waals surface area contributed by atoms with Gasteiger partial charge in [0.2, 0.25) is 0 Å². The van der Waals surface area contributed by atoms with Crippen LogP contribution < -0.4 is 10.6 Å². The van der Waals surface area contributed by atoms with E-state index in [1.54, 1.807) is 11.8 Å². The Morgan fingerprint density at radius 1 is 1.40 bits per heavy atom. The van der Waals surface area contributed by atoms with Gasteiger partial charge in [0, 0.05) is 11.8 Å². The maximum absolute atomic E-state index is 11.0. The van der Waals surface area contributed by atoms with Gasteiger partial charge >= 0.3 is 5.97 Å². The van der Waals surface area contributed by atoms with Gasteiger partial charge in [-0.3, -0.25) is 10.1 Å². The molecule has 4 nitrogen and oxygen atoms in total. The van der Waals surface area contributed by atoms with Crippen molar-refractivity contribution in [3.05, 3.63) is 39.8 Å². The Kier molecular flexibility index (Phi) is 4.73. The number of thioether (sulfide) groups is 1. The monoisotopic (exact) mass is 292 g/mol. The second kappa shape index (κ2) is 6.33. The number of esters is 1. The van der Waals surface area contributed by atoms with Crippen molar-refractivity contribution >= 4 is 23.4 Å². The fourth-order valence-electron chi connectivity index (χ4n) is 1.99. The van der Waals surface area contributed by atoms with Gasteiger partial charge in [-0.25, -0.2) is 0 Å². The zero-order valence-electron chi connectivity index (χ0n) is 12.2. The third-order valence-electron chi connectivity index (χ3n) is 3.28. The van der Waals surface area contributed by atoms with Crippen LogP contribution in [0.1, 0.15) is 23.6 Å². The summed E-state index contributed by atoms with van der Waals surface area (Å²) in [4.78, 5) is 12.0. The molecular formula is C15H20N2O2S. The molecule has 0 amide bonds. The van der Waals surface area contributed by atoms with E-state index >= 15 is 0 Å². The second-order valence-electron chi connectivity index (χ2n) is 4.81. The van der Waals surface area contributed by atoms with Gasteiger partial charge in [-0.05, 0) is 43.7 Å². The number of carbonyl (C=O) groups is 1. The van der Waals surface area contributed by atoms with Crippen LogP contribution in [0.3, 0.4) is 0 Å². The van der Waals surface area contributed by atoms with Crippen LogP contribution in [0.15, 0.2) is 23.1 Å². The molecule has 2 N–H and O–H groups in total. The summed E-state index contributed by atoms with van der Waals surface area (Å²) in [6.07, 6.45) is 0. The number of aryl methyl sites for hydroxylation is 2. The lowest BCUT2D eigenvalue weighted by Gasteiger charge is -2.12. The largest absolute Gasteiger partial charge is 0.460 e. The van der Waals surface area contributed by atoms with Crippen LogP contribution in [0.2, 0.25) is 0 Å². The lowest BCUT2D eigenvalue weighted by atomic mass is 10.0.